The van der Waals surface area contributed by atoms with E-state index in [2.05, 4.69) is 39.5 Å². The fourth-order valence-electron chi connectivity index (χ4n) is 3.82. The molecular weight excluding hydrogens is 522 g/mol. The number of nitrogens with zero attached hydrogens (tertiary/aromatic N) is 3. The number of nitrogens with one attached hydrogen (secondary N) is 1. The second kappa shape index (κ2) is 13.0. The second-order valence-electron chi connectivity index (χ2n) is 8.05. The van der Waals surface area contributed by atoms with Gasteiger partial charge in [0, 0.05) is 46.8 Å². The summed E-state index contributed by atoms with van der Waals surface area (Å²) in [4.78, 5) is 8.69. The second-order valence-corrected chi connectivity index (χ2v) is 8.05. The predicted octanol–water partition coefficient (Wildman–Crippen LogP) is 3.62. The van der Waals surface area contributed by atoms with Crippen LogP contribution in [-0.4, -0.2) is 61.3 Å². The Balaban J connectivity index is 0.00000363. The molecule has 0 bridgehead atoms. The van der Waals surface area contributed by atoms with Crippen molar-refractivity contribution < 1.29 is 14.2 Å². The normalized spacial score (nSPS) is 15.2. The van der Waals surface area contributed by atoms with Crippen molar-refractivity contribution in [3.05, 3.63) is 65.0 Å². The van der Waals surface area contributed by atoms with Crippen LogP contribution in [0.2, 0.25) is 0 Å². The van der Waals surface area contributed by atoms with Gasteiger partial charge >= 0.3 is 0 Å². The number of methoxy groups -OCH3 is 1. The van der Waals surface area contributed by atoms with Crippen molar-refractivity contribution in [2.45, 2.75) is 38.6 Å². The van der Waals surface area contributed by atoms with E-state index in [0.717, 1.165) is 44.0 Å². The number of rotatable bonds is 7. The minimum Gasteiger partial charge on any atom is -0.494 e. The number of hydrogen-bond acceptors (Lipinski definition) is 4. The third-order valence-corrected chi connectivity index (χ3v) is 5.65. The molecule has 0 unspecified atom stereocenters. The largest absolute Gasteiger partial charge is 0.494 e. The lowest BCUT2D eigenvalue weighted by Crippen LogP contribution is -2.38. The highest BCUT2D eigenvalue weighted by molar-refractivity contribution is 14.0. The van der Waals surface area contributed by atoms with Gasteiger partial charge in [-0.05, 0) is 41.7 Å². The van der Waals surface area contributed by atoms with Crippen molar-refractivity contribution in [3.63, 3.8) is 0 Å². The summed E-state index contributed by atoms with van der Waals surface area (Å²) < 4.78 is 18.9. The van der Waals surface area contributed by atoms with Crippen LogP contribution in [0.15, 0.2) is 47.5 Å². The van der Waals surface area contributed by atoms with Crippen LogP contribution in [0, 0.1) is 5.82 Å². The van der Waals surface area contributed by atoms with Crippen LogP contribution in [0.25, 0.3) is 0 Å². The van der Waals surface area contributed by atoms with Gasteiger partial charge < -0.3 is 20.1 Å². The van der Waals surface area contributed by atoms with E-state index in [1.165, 1.54) is 24.3 Å². The highest BCUT2D eigenvalue weighted by atomic mass is 127. The lowest BCUT2D eigenvalue weighted by atomic mass is 10.1. The summed E-state index contributed by atoms with van der Waals surface area (Å²) in [5.41, 5.74) is 3.30. The fraction of sp³-hybridized carbons (Fsp3) is 0.458. The number of benzene rings is 2. The van der Waals surface area contributed by atoms with Gasteiger partial charge in [0.05, 0.1) is 13.2 Å². The molecule has 1 heterocycles. The van der Waals surface area contributed by atoms with Crippen molar-refractivity contribution in [3.8, 4) is 5.75 Å². The first kappa shape index (κ1) is 26.3. The van der Waals surface area contributed by atoms with Crippen LogP contribution in [0.5, 0.6) is 5.75 Å². The molecule has 6 nitrogen and oxygen atoms in total. The van der Waals surface area contributed by atoms with E-state index in [1.54, 1.807) is 13.1 Å². The van der Waals surface area contributed by atoms with Crippen molar-refractivity contribution >= 4 is 29.9 Å². The van der Waals surface area contributed by atoms with Crippen LogP contribution in [0.4, 0.5) is 4.39 Å². The molecule has 8 heteroatoms. The summed E-state index contributed by atoms with van der Waals surface area (Å²) in [6, 6.07) is 13.6. The molecule has 0 spiro atoms. The minimum atomic E-state index is -0.364. The van der Waals surface area contributed by atoms with Gasteiger partial charge in [-0.1, -0.05) is 30.3 Å². The summed E-state index contributed by atoms with van der Waals surface area (Å²) in [5, 5.41) is 13.0. The van der Waals surface area contributed by atoms with E-state index in [1.807, 2.05) is 18.0 Å². The average Bonchev–Trinajstić information content (AvgIpc) is 2.77. The third kappa shape index (κ3) is 7.60. The minimum absolute atomic E-state index is 0. The van der Waals surface area contributed by atoms with Crippen LogP contribution in [0.1, 0.15) is 29.5 Å². The number of halogens is 2. The topological polar surface area (TPSA) is 60.3 Å². The molecule has 0 aromatic heterocycles. The molecule has 2 aromatic carbocycles. The Labute approximate surface area is 207 Å². The van der Waals surface area contributed by atoms with E-state index in [9.17, 15) is 9.50 Å². The SMILES string of the molecule is CN=C(NCc1ccc(CN2CCC(O)CC2)cc1)N(C)Cc1ccc(OC)c(F)c1.I. The lowest BCUT2D eigenvalue weighted by Gasteiger charge is -2.29. The van der Waals surface area contributed by atoms with Crippen molar-refractivity contribution in [1.82, 2.24) is 15.1 Å². The number of likely N-dealkylation sites (tertiary alicyclic amines) is 1. The Morgan fingerprint density at radius 3 is 2.38 bits per heavy atom. The molecule has 32 heavy (non-hydrogen) atoms. The van der Waals surface area contributed by atoms with Crippen LogP contribution >= 0.6 is 24.0 Å². The Kier molecular flexibility index (Phi) is 10.7. The summed E-state index contributed by atoms with van der Waals surface area (Å²) in [7, 11) is 5.13. The average molecular weight is 556 g/mol. The first-order chi connectivity index (χ1) is 15.0. The fourth-order valence-corrected chi connectivity index (χ4v) is 3.82. The molecule has 1 fully saturated rings. The standard InChI is InChI=1S/C24H33FN4O2.HI/c1-26-24(28(2)16-20-8-9-23(31-3)22(25)14-20)27-15-18-4-6-19(7-5-18)17-29-12-10-21(30)11-13-29;/h4-9,14,21,30H,10-13,15-17H2,1-3H3,(H,26,27);1H. The van der Waals surface area contributed by atoms with Gasteiger partial charge in [0.15, 0.2) is 17.5 Å². The molecule has 0 amide bonds. The number of aliphatic imine (C=N–C) groups is 1. The molecule has 0 saturated carbocycles. The van der Waals surface area contributed by atoms with Gasteiger partial charge in [0.2, 0.25) is 0 Å². The van der Waals surface area contributed by atoms with E-state index in [0.29, 0.717) is 13.1 Å². The summed E-state index contributed by atoms with van der Waals surface area (Å²) >= 11 is 0. The zero-order valence-corrected chi connectivity index (χ0v) is 21.4. The van der Waals surface area contributed by atoms with Gasteiger partial charge in [-0.2, -0.15) is 0 Å². The quantitative estimate of drug-likeness (QED) is 0.310. The van der Waals surface area contributed by atoms with Gasteiger partial charge in [-0.15, -0.1) is 24.0 Å². The maximum Gasteiger partial charge on any atom is 0.193 e. The predicted molar refractivity (Wildman–Crippen MR) is 137 cm³/mol. The van der Waals surface area contributed by atoms with E-state index >= 15 is 0 Å². The number of aliphatic hydroxyl groups excluding tert-OH is 1. The van der Waals surface area contributed by atoms with Gasteiger partial charge in [-0.25, -0.2) is 4.39 Å². The monoisotopic (exact) mass is 556 g/mol. The number of piperidine rings is 1. The smallest absolute Gasteiger partial charge is 0.193 e. The Morgan fingerprint density at radius 1 is 1.16 bits per heavy atom. The summed E-state index contributed by atoms with van der Waals surface area (Å²) in [5.74, 6) is 0.625. The zero-order valence-electron chi connectivity index (χ0n) is 19.1. The first-order valence-electron chi connectivity index (χ1n) is 10.7. The van der Waals surface area contributed by atoms with Gasteiger partial charge in [0.1, 0.15) is 0 Å². The van der Waals surface area contributed by atoms with Gasteiger partial charge in [-0.3, -0.25) is 9.89 Å². The number of guanidine groups is 1. The third-order valence-electron chi connectivity index (χ3n) is 5.65. The molecule has 176 valence electrons. The molecule has 2 N–H and O–H groups in total. The van der Waals surface area contributed by atoms with Crippen molar-refractivity contribution in [1.29, 1.82) is 0 Å². The van der Waals surface area contributed by atoms with E-state index in [4.69, 9.17) is 4.74 Å². The molecule has 1 aliphatic rings. The summed E-state index contributed by atoms with van der Waals surface area (Å²) in [6.07, 6.45) is 1.58. The molecule has 3 rings (SSSR count). The summed E-state index contributed by atoms with van der Waals surface area (Å²) in [6.45, 7) is 4.01. The van der Waals surface area contributed by atoms with Crippen molar-refractivity contribution in [2.75, 3.05) is 34.3 Å². The molecule has 0 aliphatic carbocycles. The zero-order chi connectivity index (χ0) is 22.2. The highest BCUT2D eigenvalue weighted by Crippen LogP contribution is 2.18. The van der Waals surface area contributed by atoms with Gasteiger partial charge in [0.25, 0.3) is 0 Å². The van der Waals surface area contributed by atoms with Crippen molar-refractivity contribution in [2.24, 2.45) is 4.99 Å². The van der Waals surface area contributed by atoms with E-state index < -0.39 is 0 Å². The Hall–Kier alpha value is -1.91. The first-order valence-corrected chi connectivity index (χ1v) is 10.7. The molecular formula is C24H34FIN4O2. The highest BCUT2D eigenvalue weighted by Gasteiger charge is 2.16. The molecule has 2 aromatic rings. The molecule has 1 saturated heterocycles. The number of hydrogen-bond donors (Lipinski definition) is 2. The molecule has 0 radical (unpaired) electrons. The van der Waals surface area contributed by atoms with Crippen LogP contribution < -0.4 is 10.1 Å². The van der Waals surface area contributed by atoms with Crippen LogP contribution in [-0.2, 0) is 19.6 Å². The van der Waals surface area contributed by atoms with E-state index in [-0.39, 0.29) is 41.6 Å². The Bertz CT molecular complexity index is 871. The Morgan fingerprint density at radius 2 is 1.78 bits per heavy atom. The van der Waals surface area contributed by atoms with Crippen LogP contribution in [0.3, 0.4) is 0 Å². The molecule has 1 aliphatic heterocycles. The number of aliphatic hydroxyl groups is 1. The maximum absolute atomic E-state index is 13.9. The maximum atomic E-state index is 13.9. The lowest BCUT2D eigenvalue weighted by molar-refractivity contribution is 0.0792. The number of ether oxygens (including phenoxy) is 1. The molecule has 0 atom stereocenters.